The number of nitrogens with two attached hydrogens (primary N) is 1. The molecule has 0 aromatic heterocycles. The van der Waals surface area contributed by atoms with Gasteiger partial charge in [-0.05, 0) is 58.6 Å². The number of nitrogens with zero attached hydrogens (tertiary/aromatic N) is 1. The van der Waals surface area contributed by atoms with Crippen LogP contribution >= 0.6 is 12.2 Å². The molecule has 0 amide bonds. The van der Waals surface area contributed by atoms with Crippen molar-refractivity contribution < 1.29 is 0 Å². The van der Waals surface area contributed by atoms with Crippen LogP contribution in [0.4, 0.5) is 5.69 Å². The zero-order valence-electron chi connectivity index (χ0n) is 11.7. The fraction of sp³-hybridized carbons (Fsp3) is 0.500. The molecule has 0 aliphatic carbocycles. The molecule has 4 heteroatoms. The van der Waals surface area contributed by atoms with Gasteiger partial charge in [0.25, 0.3) is 0 Å². The van der Waals surface area contributed by atoms with E-state index in [9.17, 15) is 0 Å². The summed E-state index contributed by atoms with van der Waals surface area (Å²) >= 11 is 5.08. The maximum atomic E-state index is 5.75. The van der Waals surface area contributed by atoms with Crippen LogP contribution in [-0.4, -0.2) is 36.6 Å². The number of aryl methyl sites for hydroxylation is 1. The van der Waals surface area contributed by atoms with Crippen molar-refractivity contribution in [3.8, 4) is 0 Å². The summed E-state index contributed by atoms with van der Waals surface area (Å²) in [7, 11) is 4.17. The first-order valence-electron chi connectivity index (χ1n) is 6.22. The molecule has 0 spiro atoms. The molecular weight excluding hydrogens is 242 g/mol. The average Bonchev–Trinajstić information content (AvgIpc) is 2.26. The Morgan fingerprint density at radius 3 is 2.67 bits per heavy atom. The van der Waals surface area contributed by atoms with Gasteiger partial charge < -0.3 is 16.0 Å². The van der Waals surface area contributed by atoms with Crippen LogP contribution in [0.1, 0.15) is 24.5 Å². The molecule has 100 valence electrons. The number of rotatable bonds is 6. The van der Waals surface area contributed by atoms with E-state index < -0.39 is 0 Å². The van der Waals surface area contributed by atoms with Crippen molar-refractivity contribution in [2.45, 2.75) is 26.3 Å². The van der Waals surface area contributed by atoms with E-state index in [0.717, 1.165) is 24.2 Å². The summed E-state index contributed by atoms with van der Waals surface area (Å²) < 4.78 is 0. The highest BCUT2D eigenvalue weighted by atomic mass is 32.1. The van der Waals surface area contributed by atoms with Crippen LogP contribution in [0.2, 0.25) is 0 Å². The van der Waals surface area contributed by atoms with Crippen molar-refractivity contribution in [1.29, 1.82) is 0 Å². The van der Waals surface area contributed by atoms with Gasteiger partial charge in [0.15, 0.2) is 0 Å². The predicted octanol–water partition coefficient (Wildman–Crippen LogP) is 2.38. The molecule has 0 heterocycles. The molecule has 1 aromatic carbocycles. The lowest BCUT2D eigenvalue weighted by Crippen LogP contribution is -2.24. The number of benzene rings is 1. The average molecular weight is 265 g/mol. The van der Waals surface area contributed by atoms with Gasteiger partial charge in [-0.2, -0.15) is 0 Å². The van der Waals surface area contributed by atoms with Crippen LogP contribution in [0.3, 0.4) is 0 Å². The van der Waals surface area contributed by atoms with Crippen molar-refractivity contribution in [2.75, 3.05) is 26.0 Å². The zero-order valence-corrected chi connectivity index (χ0v) is 12.5. The molecule has 0 bridgehead atoms. The Morgan fingerprint density at radius 1 is 1.44 bits per heavy atom. The molecule has 3 N–H and O–H groups in total. The fourth-order valence-corrected chi connectivity index (χ4v) is 1.96. The summed E-state index contributed by atoms with van der Waals surface area (Å²) in [6.45, 7) is 5.30. The molecule has 0 saturated heterocycles. The van der Waals surface area contributed by atoms with Crippen molar-refractivity contribution in [3.05, 3.63) is 29.3 Å². The van der Waals surface area contributed by atoms with E-state index in [4.69, 9.17) is 18.0 Å². The largest absolute Gasteiger partial charge is 0.389 e. The lowest BCUT2D eigenvalue weighted by molar-refractivity contribution is 0.390. The molecular formula is C14H23N3S. The Labute approximate surface area is 115 Å². The third kappa shape index (κ3) is 4.63. The van der Waals surface area contributed by atoms with Crippen molar-refractivity contribution in [3.63, 3.8) is 0 Å². The van der Waals surface area contributed by atoms with E-state index in [0.29, 0.717) is 11.0 Å². The van der Waals surface area contributed by atoms with Gasteiger partial charge >= 0.3 is 0 Å². The highest BCUT2D eigenvalue weighted by Crippen LogP contribution is 2.19. The summed E-state index contributed by atoms with van der Waals surface area (Å²) in [5.41, 5.74) is 8.91. The van der Waals surface area contributed by atoms with Gasteiger partial charge in [-0.3, -0.25) is 0 Å². The first-order chi connectivity index (χ1) is 8.40. The number of thiocarbonyl (C=S) groups is 1. The third-order valence-electron chi connectivity index (χ3n) is 2.85. The highest BCUT2D eigenvalue weighted by molar-refractivity contribution is 7.80. The van der Waals surface area contributed by atoms with E-state index in [1.165, 1.54) is 5.56 Å². The molecule has 1 aromatic rings. The molecule has 1 rings (SSSR count). The SMILES string of the molecule is Cc1ccc(C(N)=S)c(NC(C)CCN(C)C)c1. The zero-order chi connectivity index (χ0) is 13.7. The van der Waals surface area contributed by atoms with Crippen LogP contribution in [0.25, 0.3) is 0 Å². The minimum absolute atomic E-state index is 0.391. The molecule has 0 radical (unpaired) electrons. The third-order valence-corrected chi connectivity index (χ3v) is 3.07. The van der Waals surface area contributed by atoms with Gasteiger partial charge in [0.1, 0.15) is 4.99 Å². The minimum atomic E-state index is 0.391. The second-order valence-electron chi connectivity index (χ2n) is 5.05. The minimum Gasteiger partial charge on any atom is -0.389 e. The maximum Gasteiger partial charge on any atom is 0.106 e. The van der Waals surface area contributed by atoms with Crippen molar-refractivity contribution in [2.24, 2.45) is 5.73 Å². The monoisotopic (exact) mass is 265 g/mol. The lowest BCUT2D eigenvalue weighted by Gasteiger charge is -2.20. The molecule has 0 fully saturated rings. The second-order valence-corrected chi connectivity index (χ2v) is 5.49. The van der Waals surface area contributed by atoms with Crippen molar-refractivity contribution >= 4 is 22.9 Å². The first-order valence-corrected chi connectivity index (χ1v) is 6.62. The predicted molar refractivity (Wildman–Crippen MR) is 83.3 cm³/mol. The van der Waals surface area contributed by atoms with E-state index in [2.05, 4.69) is 44.2 Å². The van der Waals surface area contributed by atoms with Gasteiger partial charge in [-0.25, -0.2) is 0 Å². The summed E-state index contributed by atoms with van der Waals surface area (Å²) in [4.78, 5) is 2.63. The lowest BCUT2D eigenvalue weighted by atomic mass is 10.1. The van der Waals surface area contributed by atoms with Crippen LogP contribution < -0.4 is 11.1 Å². The molecule has 0 saturated carbocycles. The van der Waals surface area contributed by atoms with Gasteiger partial charge in [0.2, 0.25) is 0 Å². The smallest absolute Gasteiger partial charge is 0.106 e. The second kappa shape index (κ2) is 6.71. The summed E-state index contributed by atoms with van der Waals surface area (Å²) in [5.74, 6) is 0. The summed E-state index contributed by atoms with van der Waals surface area (Å²) in [5, 5.41) is 3.49. The number of anilines is 1. The van der Waals surface area contributed by atoms with E-state index in [1.807, 2.05) is 12.1 Å². The van der Waals surface area contributed by atoms with Gasteiger partial charge in [0, 0.05) is 17.3 Å². The van der Waals surface area contributed by atoms with Gasteiger partial charge in [0.05, 0.1) is 0 Å². The summed E-state index contributed by atoms with van der Waals surface area (Å²) in [6, 6.07) is 6.51. The highest BCUT2D eigenvalue weighted by Gasteiger charge is 2.09. The van der Waals surface area contributed by atoms with E-state index >= 15 is 0 Å². The number of nitrogens with one attached hydrogen (secondary N) is 1. The molecule has 1 atom stereocenters. The Kier molecular flexibility index (Phi) is 5.56. The van der Waals surface area contributed by atoms with Gasteiger partial charge in [-0.1, -0.05) is 18.3 Å². The van der Waals surface area contributed by atoms with Crippen LogP contribution in [-0.2, 0) is 0 Å². The Bertz CT molecular complexity index is 416. The Morgan fingerprint density at radius 2 is 2.11 bits per heavy atom. The molecule has 0 aliphatic rings. The Hall–Kier alpha value is -1.13. The quantitative estimate of drug-likeness (QED) is 0.775. The van der Waals surface area contributed by atoms with Crippen LogP contribution in [0.15, 0.2) is 18.2 Å². The normalized spacial score (nSPS) is 12.5. The van der Waals surface area contributed by atoms with Crippen LogP contribution in [0, 0.1) is 6.92 Å². The van der Waals surface area contributed by atoms with Crippen molar-refractivity contribution in [1.82, 2.24) is 4.90 Å². The molecule has 1 unspecified atom stereocenters. The maximum absolute atomic E-state index is 5.75. The Balaban J connectivity index is 2.76. The first kappa shape index (κ1) is 14.9. The molecule has 18 heavy (non-hydrogen) atoms. The van der Waals surface area contributed by atoms with Crippen LogP contribution in [0.5, 0.6) is 0 Å². The standard InChI is InChI=1S/C14H23N3S/c1-10-5-6-12(14(15)18)13(9-10)16-11(2)7-8-17(3)4/h5-6,9,11,16H,7-8H2,1-4H3,(H2,15,18). The molecule has 3 nitrogen and oxygen atoms in total. The van der Waals surface area contributed by atoms with E-state index in [-0.39, 0.29) is 0 Å². The van der Waals surface area contributed by atoms with E-state index in [1.54, 1.807) is 0 Å². The fourth-order valence-electron chi connectivity index (χ4n) is 1.78. The molecule has 0 aliphatic heterocycles. The van der Waals surface area contributed by atoms with Gasteiger partial charge in [-0.15, -0.1) is 0 Å². The topological polar surface area (TPSA) is 41.3 Å². The number of hydrogen-bond donors (Lipinski definition) is 2. The summed E-state index contributed by atoms with van der Waals surface area (Å²) in [6.07, 6.45) is 1.08. The number of hydrogen-bond acceptors (Lipinski definition) is 3.